The van der Waals surface area contributed by atoms with Crippen molar-refractivity contribution < 1.29 is 22.7 Å². The minimum Gasteiger partial charge on any atom is -0.497 e. The van der Waals surface area contributed by atoms with E-state index in [-0.39, 0.29) is 22.8 Å². The monoisotopic (exact) mass is 446 g/mol. The number of nitrogens with one attached hydrogen (secondary N) is 1. The maximum atomic E-state index is 12.9. The second kappa shape index (κ2) is 10.2. The zero-order valence-electron chi connectivity index (χ0n) is 18.2. The van der Waals surface area contributed by atoms with Crippen molar-refractivity contribution in [1.29, 1.82) is 0 Å². The number of piperidine rings is 1. The summed E-state index contributed by atoms with van der Waals surface area (Å²) >= 11 is 0. The number of rotatable bonds is 8. The highest BCUT2D eigenvalue weighted by atomic mass is 32.2. The first kappa shape index (κ1) is 23.1. The van der Waals surface area contributed by atoms with Crippen LogP contribution in [-0.4, -0.2) is 44.9 Å². The second-order valence-electron chi connectivity index (χ2n) is 7.89. The number of hydrogen-bond acceptors (Lipinski definition) is 5. The molecule has 7 nitrogen and oxygen atoms in total. The molecule has 2 aromatic carbocycles. The van der Waals surface area contributed by atoms with Gasteiger partial charge in [0.2, 0.25) is 15.9 Å². The molecule has 1 aliphatic rings. The fourth-order valence-corrected chi connectivity index (χ4v) is 5.06. The predicted octanol–water partition coefficient (Wildman–Crippen LogP) is 3.20. The fraction of sp³-hybridized carbons (Fsp3) is 0.435. The summed E-state index contributed by atoms with van der Waals surface area (Å²) in [4.78, 5) is 12.8. The number of carbonyl (C=O) groups is 1. The Balaban J connectivity index is 1.52. The van der Waals surface area contributed by atoms with Crippen LogP contribution < -0.4 is 14.8 Å². The summed E-state index contributed by atoms with van der Waals surface area (Å²) in [5.41, 5.74) is 0.964. The molecule has 1 aliphatic heterocycles. The van der Waals surface area contributed by atoms with Crippen LogP contribution in [0.15, 0.2) is 53.4 Å². The van der Waals surface area contributed by atoms with Gasteiger partial charge in [0.25, 0.3) is 0 Å². The Morgan fingerprint density at radius 1 is 1.10 bits per heavy atom. The van der Waals surface area contributed by atoms with Crippen molar-refractivity contribution in [2.45, 2.75) is 44.2 Å². The van der Waals surface area contributed by atoms with Crippen molar-refractivity contribution in [3.63, 3.8) is 0 Å². The average Bonchev–Trinajstić information content (AvgIpc) is 2.77. The lowest BCUT2D eigenvalue weighted by Crippen LogP contribution is -2.42. The molecule has 168 valence electrons. The van der Waals surface area contributed by atoms with Gasteiger partial charge < -0.3 is 14.8 Å². The maximum Gasteiger partial charge on any atom is 0.243 e. The molecule has 2 aromatic rings. The molecule has 0 spiro atoms. The summed E-state index contributed by atoms with van der Waals surface area (Å²) in [5, 5.41) is 2.97. The van der Waals surface area contributed by atoms with E-state index < -0.39 is 10.0 Å². The molecule has 31 heavy (non-hydrogen) atoms. The van der Waals surface area contributed by atoms with E-state index in [4.69, 9.17) is 9.47 Å². The largest absolute Gasteiger partial charge is 0.497 e. The highest BCUT2D eigenvalue weighted by Gasteiger charge is 2.32. The van der Waals surface area contributed by atoms with Crippen molar-refractivity contribution >= 4 is 15.9 Å². The van der Waals surface area contributed by atoms with Crippen molar-refractivity contribution in [1.82, 2.24) is 9.62 Å². The van der Waals surface area contributed by atoms with E-state index in [0.29, 0.717) is 38.2 Å². The molecule has 1 N–H and O–H groups in total. The lowest BCUT2D eigenvalue weighted by atomic mass is 9.97. The van der Waals surface area contributed by atoms with Gasteiger partial charge in [-0.15, -0.1) is 0 Å². The predicted molar refractivity (Wildman–Crippen MR) is 119 cm³/mol. The van der Waals surface area contributed by atoms with Crippen molar-refractivity contribution in [2.75, 3.05) is 20.2 Å². The van der Waals surface area contributed by atoms with Crippen LogP contribution in [0.25, 0.3) is 0 Å². The van der Waals surface area contributed by atoms with Crippen LogP contribution in [0.3, 0.4) is 0 Å². The topological polar surface area (TPSA) is 84.9 Å². The Bertz CT molecular complexity index is 981. The van der Waals surface area contributed by atoms with E-state index in [2.05, 4.69) is 5.32 Å². The number of carbonyl (C=O) groups excluding carboxylic acids is 1. The first-order valence-electron chi connectivity index (χ1n) is 10.5. The molecule has 0 bridgehead atoms. The van der Waals surface area contributed by atoms with Crippen LogP contribution in [0.1, 0.15) is 32.3 Å². The molecular weight excluding hydrogens is 416 g/mol. The third-order valence-electron chi connectivity index (χ3n) is 5.26. The number of benzene rings is 2. The minimum atomic E-state index is -3.57. The standard InChI is InChI=1S/C23H30N2O5S/c1-17(2)30-21-6-4-5-18(15-21)16-24-23(26)19-11-13-25(14-12-19)31(27,28)22-9-7-20(29-3)8-10-22/h4-10,15,17,19H,11-14,16H2,1-3H3,(H,24,26). The molecule has 8 heteroatoms. The first-order chi connectivity index (χ1) is 14.8. The number of nitrogens with zero attached hydrogens (tertiary/aromatic N) is 1. The summed E-state index contributed by atoms with van der Waals surface area (Å²) in [6, 6.07) is 14.0. The zero-order chi connectivity index (χ0) is 22.4. The van der Waals surface area contributed by atoms with Crippen LogP contribution in [0.5, 0.6) is 11.5 Å². The molecule has 1 heterocycles. The normalized spacial score (nSPS) is 15.6. The van der Waals surface area contributed by atoms with E-state index in [1.807, 2.05) is 38.1 Å². The average molecular weight is 447 g/mol. The van der Waals surface area contributed by atoms with Crippen molar-refractivity contribution in [2.24, 2.45) is 5.92 Å². The summed E-state index contributed by atoms with van der Waals surface area (Å²) < 4.78 is 37.9. The Labute approximate surface area is 184 Å². The maximum absolute atomic E-state index is 12.9. The molecule has 0 unspecified atom stereocenters. The molecule has 1 saturated heterocycles. The Morgan fingerprint density at radius 2 is 1.77 bits per heavy atom. The molecule has 0 aliphatic carbocycles. The number of amides is 1. The lowest BCUT2D eigenvalue weighted by Gasteiger charge is -2.30. The molecule has 3 rings (SSSR count). The Kier molecular flexibility index (Phi) is 7.56. The molecular formula is C23H30N2O5S. The van der Waals surface area contributed by atoms with Gasteiger partial charge in [0.15, 0.2) is 0 Å². The van der Waals surface area contributed by atoms with Gasteiger partial charge in [-0.05, 0) is 68.7 Å². The second-order valence-corrected chi connectivity index (χ2v) is 9.82. The Morgan fingerprint density at radius 3 is 2.39 bits per heavy atom. The van der Waals surface area contributed by atoms with E-state index in [0.717, 1.165) is 11.3 Å². The molecule has 1 fully saturated rings. The number of methoxy groups -OCH3 is 1. The zero-order valence-corrected chi connectivity index (χ0v) is 19.0. The van der Waals surface area contributed by atoms with Gasteiger partial charge in [0.05, 0.1) is 18.1 Å². The van der Waals surface area contributed by atoms with Crippen molar-refractivity contribution in [3.8, 4) is 11.5 Å². The van der Waals surface area contributed by atoms with Gasteiger partial charge in [-0.3, -0.25) is 4.79 Å². The number of ether oxygens (including phenoxy) is 2. The SMILES string of the molecule is COc1ccc(S(=O)(=O)N2CCC(C(=O)NCc3cccc(OC(C)C)c3)CC2)cc1. The van der Waals surface area contributed by atoms with Gasteiger partial charge in [-0.25, -0.2) is 8.42 Å². The van der Waals surface area contributed by atoms with Gasteiger partial charge >= 0.3 is 0 Å². The minimum absolute atomic E-state index is 0.0447. The third-order valence-corrected chi connectivity index (χ3v) is 7.17. The summed E-state index contributed by atoms with van der Waals surface area (Å²) in [6.07, 6.45) is 1.08. The highest BCUT2D eigenvalue weighted by molar-refractivity contribution is 7.89. The van der Waals surface area contributed by atoms with E-state index in [1.165, 1.54) is 11.4 Å². The van der Waals surface area contributed by atoms with Gasteiger partial charge in [-0.2, -0.15) is 4.31 Å². The van der Waals surface area contributed by atoms with Crippen LogP contribution >= 0.6 is 0 Å². The smallest absolute Gasteiger partial charge is 0.243 e. The van der Waals surface area contributed by atoms with Gasteiger partial charge in [0, 0.05) is 25.6 Å². The van der Waals surface area contributed by atoms with Crippen LogP contribution in [0.4, 0.5) is 0 Å². The number of hydrogen-bond donors (Lipinski definition) is 1. The van der Waals surface area contributed by atoms with E-state index >= 15 is 0 Å². The van der Waals surface area contributed by atoms with Crippen LogP contribution in [0, 0.1) is 5.92 Å². The number of sulfonamides is 1. The van der Waals surface area contributed by atoms with Gasteiger partial charge in [0.1, 0.15) is 11.5 Å². The molecule has 0 saturated carbocycles. The summed E-state index contributed by atoms with van der Waals surface area (Å²) in [6.45, 7) is 5.00. The van der Waals surface area contributed by atoms with E-state index in [9.17, 15) is 13.2 Å². The highest BCUT2D eigenvalue weighted by Crippen LogP contribution is 2.25. The quantitative estimate of drug-likeness (QED) is 0.673. The third kappa shape index (κ3) is 5.98. The molecule has 0 atom stereocenters. The fourth-order valence-electron chi connectivity index (χ4n) is 3.59. The van der Waals surface area contributed by atoms with E-state index in [1.54, 1.807) is 24.3 Å². The lowest BCUT2D eigenvalue weighted by molar-refractivity contribution is -0.126. The van der Waals surface area contributed by atoms with Crippen molar-refractivity contribution in [3.05, 3.63) is 54.1 Å². The van der Waals surface area contributed by atoms with Crippen LogP contribution in [0.2, 0.25) is 0 Å². The Hall–Kier alpha value is -2.58. The summed E-state index contributed by atoms with van der Waals surface area (Å²) in [7, 11) is -2.04. The van der Waals surface area contributed by atoms with Gasteiger partial charge in [-0.1, -0.05) is 12.1 Å². The van der Waals surface area contributed by atoms with Crippen LogP contribution in [-0.2, 0) is 21.4 Å². The molecule has 0 aromatic heterocycles. The molecule has 1 amide bonds. The molecule has 0 radical (unpaired) electrons. The summed E-state index contributed by atoms with van der Waals surface area (Å²) in [5.74, 6) is 1.14. The first-order valence-corrected chi connectivity index (χ1v) is 11.9.